The Bertz CT molecular complexity index is 1170. The minimum absolute atomic E-state index is 0. The molecule has 29 heavy (non-hydrogen) atoms. The zero-order chi connectivity index (χ0) is 19.0. The van der Waals surface area contributed by atoms with E-state index in [2.05, 4.69) is 11.1 Å². The highest BCUT2D eigenvalue weighted by Crippen LogP contribution is 2.30. The number of carbonyl (C=O) groups is 2. The third kappa shape index (κ3) is 4.84. The number of halogens is 2. The first kappa shape index (κ1) is 23.0. The maximum Gasteiger partial charge on any atom is 0.328 e. The molecule has 0 fully saturated rings. The number of hydrogen-bond donors (Lipinski definition) is 2. The molecule has 0 saturated heterocycles. The molecular weight excluding hydrogens is 526 g/mol. The molecule has 0 amide bonds. The van der Waals surface area contributed by atoms with Crippen LogP contribution in [0.15, 0.2) is 54.7 Å². The number of esters is 1. The lowest BCUT2D eigenvalue weighted by molar-refractivity contribution is -0.143. The number of carbonyl (C=O) groups excluding carboxylic acids is 1. The number of nitrogens with two attached hydrogens (primary N) is 1. The average Bonchev–Trinajstić information content (AvgIpc) is 3.19. The van der Waals surface area contributed by atoms with E-state index in [1.165, 1.54) is 0 Å². The Morgan fingerprint density at radius 3 is 2.69 bits per heavy atom. The molecule has 10 heteroatoms. The van der Waals surface area contributed by atoms with Gasteiger partial charge < -0.3 is 15.6 Å². The molecule has 0 radical (unpaired) electrons. The first-order chi connectivity index (χ1) is 13.0. The number of carboxylic acids is 1. The van der Waals surface area contributed by atoms with Crippen molar-refractivity contribution in [3.8, 4) is 17.0 Å². The van der Waals surface area contributed by atoms with Gasteiger partial charge in [0.05, 0.1) is 22.3 Å². The van der Waals surface area contributed by atoms with E-state index in [-0.39, 0.29) is 34.0 Å². The van der Waals surface area contributed by atoms with Crippen LogP contribution in [0.1, 0.15) is 6.42 Å². The summed E-state index contributed by atoms with van der Waals surface area (Å²) in [5.74, 6) is -1.65. The number of aromatic nitrogens is 2. The summed E-state index contributed by atoms with van der Waals surface area (Å²) in [6, 6.07) is 13.7. The van der Waals surface area contributed by atoms with Crippen molar-refractivity contribution in [1.29, 1.82) is 0 Å². The van der Waals surface area contributed by atoms with E-state index in [0.29, 0.717) is 5.75 Å². The molecule has 0 saturated carbocycles. The lowest BCUT2D eigenvalue weighted by Gasteiger charge is -2.09. The lowest BCUT2D eigenvalue weighted by atomic mass is 10.1. The molecule has 152 valence electrons. The van der Waals surface area contributed by atoms with Crippen LogP contribution in [0.3, 0.4) is 0 Å². The second-order valence-corrected chi connectivity index (χ2v) is 7.01. The van der Waals surface area contributed by atoms with E-state index in [4.69, 9.17) is 15.6 Å². The summed E-state index contributed by atoms with van der Waals surface area (Å²) >= 11 is 1.60. The monoisotopic (exact) mass is 541 g/mol. The first-order valence-corrected chi connectivity index (χ1v) is 8.99. The summed E-state index contributed by atoms with van der Waals surface area (Å²) in [6.45, 7) is 0. The number of benzene rings is 2. The molecule has 7 nitrogen and oxygen atoms in total. The molecule has 4 rings (SSSR count). The zero-order valence-corrected chi connectivity index (χ0v) is 19.1. The highest BCUT2D eigenvalue weighted by molar-refractivity contribution is 8.93. The third-order valence-electron chi connectivity index (χ3n) is 4.05. The van der Waals surface area contributed by atoms with Gasteiger partial charge in [0, 0.05) is 11.8 Å². The SMILES string of the molecule is Br.Br.NC(CC(=O)O)C(=O)Oc1cccc(-c2cn3c(n2)sc2ccccc23)c1. The van der Waals surface area contributed by atoms with E-state index in [1.807, 2.05) is 34.9 Å². The topological polar surface area (TPSA) is 107 Å². The highest BCUT2D eigenvalue weighted by atomic mass is 79.9. The van der Waals surface area contributed by atoms with Crippen LogP contribution in [-0.4, -0.2) is 32.5 Å². The van der Waals surface area contributed by atoms with Crippen molar-refractivity contribution in [1.82, 2.24) is 9.38 Å². The van der Waals surface area contributed by atoms with Gasteiger partial charge in [-0.05, 0) is 24.3 Å². The zero-order valence-electron chi connectivity index (χ0n) is 14.8. The van der Waals surface area contributed by atoms with Gasteiger partial charge >= 0.3 is 11.9 Å². The van der Waals surface area contributed by atoms with E-state index >= 15 is 0 Å². The number of imidazole rings is 1. The van der Waals surface area contributed by atoms with Crippen molar-refractivity contribution in [2.75, 3.05) is 0 Å². The lowest BCUT2D eigenvalue weighted by Crippen LogP contribution is -2.36. The van der Waals surface area contributed by atoms with Gasteiger partial charge in [0.1, 0.15) is 11.8 Å². The highest BCUT2D eigenvalue weighted by Gasteiger charge is 2.19. The van der Waals surface area contributed by atoms with E-state index < -0.39 is 24.4 Å². The molecule has 0 spiro atoms. The number of ether oxygens (including phenoxy) is 1. The van der Waals surface area contributed by atoms with Crippen molar-refractivity contribution in [2.45, 2.75) is 12.5 Å². The van der Waals surface area contributed by atoms with Crippen molar-refractivity contribution >= 4 is 72.4 Å². The van der Waals surface area contributed by atoms with Crippen LogP contribution in [0.5, 0.6) is 5.75 Å². The van der Waals surface area contributed by atoms with Crippen LogP contribution in [0, 0.1) is 0 Å². The average molecular weight is 543 g/mol. The maximum atomic E-state index is 11.9. The Balaban J connectivity index is 0.00000150. The van der Waals surface area contributed by atoms with Crippen LogP contribution < -0.4 is 10.5 Å². The smallest absolute Gasteiger partial charge is 0.328 e. The largest absolute Gasteiger partial charge is 0.481 e. The van der Waals surface area contributed by atoms with Gasteiger partial charge in [-0.25, -0.2) is 9.78 Å². The van der Waals surface area contributed by atoms with Crippen molar-refractivity contribution in [3.05, 3.63) is 54.7 Å². The Hall–Kier alpha value is -2.27. The number of carboxylic acid groups (broad SMARTS) is 1. The number of nitrogens with zero attached hydrogens (tertiary/aromatic N) is 2. The van der Waals surface area contributed by atoms with E-state index in [0.717, 1.165) is 26.4 Å². The van der Waals surface area contributed by atoms with Gasteiger partial charge in [-0.3, -0.25) is 9.20 Å². The number of thiazole rings is 1. The molecule has 1 unspecified atom stereocenters. The van der Waals surface area contributed by atoms with Crippen LogP contribution >= 0.6 is 45.3 Å². The van der Waals surface area contributed by atoms with Gasteiger partial charge in [0.2, 0.25) is 0 Å². The van der Waals surface area contributed by atoms with Gasteiger partial charge in [-0.1, -0.05) is 35.6 Å². The van der Waals surface area contributed by atoms with Crippen LogP contribution in [0.2, 0.25) is 0 Å². The van der Waals surface area contributed by atoms with E-state index in [9.17, 15) is 9.59 Å². The molecule has 4 aromatic rings. The van der Waals surface area contributed by atoms with Gasteiger partial charge in [-0.15, -0.1) is 34.0 Å². The number of aliphatic carboxylic acids is 1. The number of rotatable bonds is 5. The van der Waals surface area contributed by atoms with Gasteiger partial charge in [0.15, 0.2) is 4.96 Å². The third-order valence-corrected chi connectivity index (χ3v) is 5.08. The normalized spacial score (nSPS) is 11.5. The summed E-state index contributed by atoms with van der Waals surface area (Å²) in [5, 5.41) is 8.72. The maximum absolute atomic E-state index is 11.9. The molecule has 1 atom stereocenters. The Kier molecular flexibility index (Phi) is 7.53. The molecule has 2 heterocycles. The van der Waals surface area contributed by atoms with Crippen molar-refractivity contribution < 1.29 is 19.4 Å². The Morgan fingerprint density at radius 1 is 1.17 bits per heavy atom. The standard InChI is InChI=1S/C19H15N3O4S.2BrH/c20-13(9-17(23)24)18(25)26-12-5-3-4-11(8-12)14-10-22-15-6-1-2-7-16(15)27-19(22)21-14;;/h1-8,10,13H,9,20H2,(H,23,24);2*1H. The number of hydrogen-bond acceptors (Lipinski definition) is 6. The quantitative estimate of drug-likeness (QED) is 0.291. The second-order valence-electron chi connectivity index (χ2n) is 6.00. The Labute approximate surface area is 190 Å². The second kappa shape index (κ2) is 9.49. The summed E-state index contributed by atoms with van der Waals surface area (Å²) in [4.78, 5) is 28.1. The number of fused-ring (bicyclic) bond motifs is 3. The minimum atomic E-state index is -1.21. The summed E-state index contributed by atoms with van der Waals surface area (Å²) in [5.41, 5.74) is 8.15. The fraction of sp³-hybridized carbons (Fsp3) is 0.105. The first-order valence-electron chi connectivity index (χ1n) is 8.17. The van der Waals surface area contributed by atoms with Gasteiger partial charge in [0.25, 0.3) is 0 Å². The van der Waals surface area contributed by atoms with Crippen LogP contribution in [-0.2, 0) is 9.59 Å². The molecule has 2 aromatic heterocycles. The molecule has 0 aliphatic rings. The van der Waals surface area contributed by atoms with Crippen molar-refractivity contribution in [3.63, 3.8) is 0 Å². The fourth-order valence-corrected chi connectivity index (χ4v) is 3.78. The predicted molar refractivity (Wildman–Crippen MR) is 123 cm³/mol. The summed E-state index contributed by atoms with van der Waals surface area (Å²) in [7, 11) is 0. The summed E-state index contributed by atoms with van der Waals surface area (Å²) in [6.07, 6.45) is 1.45. The Morgan fingerprint density at radius 2 is 1.93 bits per heavy atom. The van der Waals surface area contributed by atoms with Crippen LogP contribution in [0.25, 0.3) is 26.4 Å². The molecule has 0 bridgehead atoms. The van der Waals surface area contributed by atoms with Crippen molar-refractivity contribution in [2.24, 2.45) is 5.73 Å². The molecular formula is C19H17Br2N3O4S. The van der Waals surface area contributed by atoms with Crippen LogP contribution in [0.4, 0.5) is 0 Å². The molecule has 2 aromatic carbocycles. The predicted octanol–water partition coefficient (Wildman–Crippen LogP) is 4.08. The minimum Gasteiger partial charge on any atom is -0.481 e. The fourth-order valence-electron chi connectivity index (χ4n) is 2.77. The van der Waals surface area contributed by atoms with E-state index in [1.54, 1.807) is 29.5 Å². The molecule has 0 aliphatic carbocycles. The molecule has 0 aliphatic heterocycles. The molecule has 3 N–H and O–H groups in total. The summed E-state index contributed by atoms with van der Waals surface area (Å²) < 4.78 is 8.38. The van der Waals surface area contributed by atoms with Gasteiger partial charge in [-0.2, -0.15) is 0 Å². The number of para-hydroxylation sites is 1.